The van der Waals surface area contributed by atoms with E-state index in [1.165, 1.54) is 30.3 Å². The van der Waals surface area contributed by atoms with Crippen LogP contribution in [0.15, 0.2) is 45.8 Å². The topological polar surface area (TPSA) is 72.2 Å². The fourth-order valence-corrected chi connectivity index (χ4v) is 3.77. The molecule has 0 amide bonds. The zero-order valence-corrected chi connectivity index (χ0v) is 13.1. The van der Waals surface area contributed by atoms with Crippen LogP contribution in [-0.2, 0) is 10.0 Å². The average molecular weight is 380 g/mol. The molecule has 2 aromatic rings. The molecule has 2 aromatic carbocycles. The standard InChI is InChI=1S/C12H9BrClFN2O2S/c13-9-5-7(16)1-4-12(9)20(18,19)17-8-2-3-10(14)11(15)6-8/h1-6,17H,16H2. The van der Waals surface area contributed by atoms with Crippen LogP contribution in [0.5, 0.6) is 0 Å². The molecular formula is C12H9BrClFN2O2S. The van der Waals surface area contributed by atoms with Crippen molar-refractivity contribution in [2.75, 3.05) is 10.5 Å². The second-order valence-electron chi connectivity index (χ2n) is 3.92. The van der Waals surface area contributed by atoms with Gasteiger partial charge in [0.15, 0.2) is 0 Å². The third-order valence-electron chi connectivity index (χ3n) is 2.42. The number of sulfonamides is 1. The van der Waals surface area contributed by atoms with Crippen molar-refractivity contribution < 1.29 is 12.8 Å². The number of hydrogen-bond acceptors (Lipinski definition) is 3. The lowest BCUT2D eigenvalue weighted by Crippen LogP contribution is -2.13. The number of nitrogens with one attached hydrogen (secondary N) is 1. The molecule has 2 rings (SSSR count). The molecule has 0 aliphatic heterocycles. The van der Waals surface area contributed by atoms with Crippen LogP contribution in [0, 0.1) is 5.82 Å². The van der Waals surface area contributed by atoms with Crippen LogP contribution < -0.4 is 10.5 Å². The first-order chi connectivity index (χ1) is 9.29. The van der Waals surface area contributed by atoms with Gasteiger partial charge in [-0.2, -0.15) is 0 Å². The second-order valence-corrected chi connectivity index (χ2v) is 6.84. The SMILES string of the molecule is Nc1ccc(S(=O)(=O)Nc2ccc(Cl)c(F)c2)c(Br)c1. The zero-order chi connectivity index (χ0) is 14.9. The summed E-state index contributed by atoms with van der Waals surface area (Å²) in [7, 11) is -3.85. The van der Waals surface area contributed by atoms with Gasteiger partial charge in [0, 0.05) is 10.2 Å². The number of benzene rings is 2. The van der Waals surface area contributed by atoms with Gasteiger partial charge < -0.3 is 5.73 Å². The van der Waals surface area contributed by atoms with Gasteiger partial charge in [0.05, 0.1) is 10.7 Å². The lowest BCUT2D eigenvalue weighted by molar-refractivity contribution is 0.600. The number of hydrogen-bond donors (Lipinski definition) is 2. The summed E-state index contributed by atoms with van der Waals surface area (Å²) in [6, 6.07) is 7.93. The first-order valence-electron chi connectivity index (χ1n) is 5.32. The highest BCUT2D eigenvalue weighted by atomic mass is 79.9. The van der Waals surface area contributed by atoms with Crippen molar-refractivity contribution in [3.8, 4) is 0 Å². The Kier molecular flexibility index (Phi) is 4.22. The molecule has 0 bridgehead atoms. The summed E-state index contributed by atoms with van der Waals surface area (Å²) in [4.78, 5) is 0.00191. The molecule has 0 aliphatic rings. The summed E-state index contributed by atoms with van der Waals surface area (Å²) < 4.78 is 40.3. The van der Waals surface area contributed by atoms with Crippen molar-refractivity contribution in [1.29, 1.82) is 0 Å². The van der Waals surface area contributed by atoms with E-state index in [2.05, 4.69) is 20.7 Å². The normalized spacial score (nSPS) is 11.3. The molecule has 0 aliphatic carbocycles. The predicted octanol–water partition coefficient (Wildman–Crippen LogP) is 3.62. The molecule has 0 radical (unpaired) electrons. The first-order valence-corrected chi connectivity index (χ1v) is 7.98. The van der Waals surface area contributed by atoms with Gasteiger partial charge in [0.25, 0.3) is 10.0 Å². The van der Waals surface area contributed by atoms with Gasteiger partial charge in [-0.15, -0.1) is 0 Å². The number of nitrogens with two attached hydrogens (primary N) is 1. The third kappa shape index (κ3) is 3.23. The maximum atomic E-state index is 13.3. The molecule has 0 aromatic heterocycles. The van der Waals surface area contributed by atoms with Crippen LogP contribution >= 0.6 is 27.5 Å². The molecule has 0 unspecified atom stereocenters. The van der Waals surface area contributed by atoms with E-state index in [-0.39, 0.29) is 15.6 Å². The number of nitrogen functional groups attached to an aromatic ring is 1. The maximum Gasteiger partial charge on any atom is 0.263 e. The summed E-state index contributed by atoms with van der Waals surface area (Å²) in [5, 5.41) is -0.0818. The fourth-order valence-electron chi connectivity index (χ4n) is 1.50. The molecule has 20 heavy (non-hydrogen) atoms. The molecule has 0 saturated carbocycles. The minimum Gasteiger partial charge on any atom is -0.399 e. The number of halogens is 3. The highest BCUT2D eigenvalue weighted by molar-refractivity contribution is 9.10. The van der Waals surface area contributed by atoms with Crippen LogP contribution in [0.25, 0.3) is 0 Å². The van der Waals surface area contributed by atoms with E-state index >= 15 is 0 Å². The summed E-state index contributed by atoms with van der Waals surface area (Å²) >= 11 is 8.67. The van der Waals surface area contributed by atoms with Gasteiger partial charge in [-0.25, -0.2) is 12.8 Å². The predicted molar refractivity (Wildman–Crippen MR) is 80.8 cm³/mol. The summed E-state index contributed by atoms with van der Waals surface area (Å²) in [5.74, 6) is -0.705. The molecule has 3 N–H and O–H groups in total. The van der Waals surface area contributed by atoms with Crippen molar-refractivity contribution in [2.45, 2.75) is 4.90 Å². The van der Waals surface area contributed by atoms with E-state index in [1.54, 1.807) is 0 Å². The number of anilines is 2. The Bertz CT molecular complexity index is 768. The molecule has 0 atom stereocenters. The highest BCUT2D eigenvalue weighted by Gasteiger charge is 2.18. The molecule has 8 heteroatoms. The maximum absolute atomic E-state index is 13.3. The van der Waals surface area contributed by atoms with Crippen LogP contribution in [-0.4, -0.2) is 8.42 Å². The summed E-state index contributed by atoms with van der Waals surface area (Å²) in [5.41, 5.74) is 6.05. The van der Waals surface area contributed by atoms with Crippen LogP contribution in [0.2, 0.25) is 5.02 Å². The van der Waals surface area contributed by atoms with E-state index in [0.717, 1.165) is 6.07 Å². The van der Waals surface area contributed by atoms with E-state index < -0.39 is 15.8 Å². The molecule has 0 spiro atoms. The van der Waals surface area contributed by atoms with Gasteiger partial charge in [-0.05, 0) is 52.3 Å². The van der Waals surface area contributed by atoms with Gasteiger partial charge in [0.2, 0.25) is 0 Å². The lowest BCUT2D eigenvalue weighted by Gasteiger charge is -2.10. The Balaban J connectivity index is 2.38. The minimum atomic E-state index is -3.85. The van der Waals surface area contributed by atoms with Crippen LogP contribution in [0.4, 0.5) is 15.8 Å². The van der Waals surface area contributed by atoms with E-state index in [1.807, 2.05) is 0 Å². The quantitative estimate of drug-likeness (QED) is 0.800. The Hall–Kier alpha value is -1.31. The Labute approximate surface area is 128 Å². The van der Waals surface area contributed by atoms with Crippen molar-refractivity contribution in [3.63, 3.8) is 0 Å². The average Bonchev–Trinajstić information content (AvgIpc) is 2.33. The lowest BCUT2D eigenvalue weighted by atomic mass is 10.3. The van der Waals surface area contributed by atoms with E-state index in [9.17, 15) is 12.8 Å². The molecule has 4 nitrogen and oxygen atoms in total. The summed E-state index contributed by atoms with van der Waals surface area (Å²) in [6.45, 7) is 0. The van der Waals surface area contributed by atoms with Crippen molar-refractivity contribution in [1.82, 2.24) is 0 Å². The Morgan fingerprint density at radius 1 is 1.20 bits per heavy atom. The Morgan fingerprint density at radius 2 is 1.90 bits per heavy atom. The first kappa shape index (κ1) is 15.1. The molecule has 106 valence electrons. The van der Waals surface area contributed by atoms with Gasteiger partial charge in [0.1, 0.15) is 10.7 Å². The van der Waals surface area contributed by atoms with Crippen LogP contribution in [0.1, 0.15) is 0 Å². The largest absolute Gasteiger partial charge is 0.399 e. The third-order valence-corrected chi connectivity index (χ3v) is 5.08. The van der Waals surface area contributed by atoms with E-state index in [0.29, 0.717) is 10.2 Å². The van der Waals surface area contributed by atoms with E-state index in [4.69, 9.17) is 17.3 Å². The fraction of sp³-hybridized carbons (Fsp3) is 0. The van der Waals surface area contributed by atoms with Gasteiger partial charge in [-0.1, -0.05) is 11.6 Å². The van der Waals surface area contributed by atoms with Gasteiger partial charge in [-0.3, -0.25) is 4.72 Å². The van der Waals surface area contributed by atoms with Crippen molar-refractivity contribution in [3.05, 3.63) is 51.7 Å². The minimum absolute atomic E-state index is 0.00191. The molecule has 0 fully saturated rings. The number of rotatable bonds is 3. The van der Waals surface area contributed by atoms with Crippen molar-refractivity contribution in [2.24, 2.45) is 0 Å². The van der Waals surface area contributed by atoms with Gasteiger partial charge >= 0.3 is 0 Å². The molecule has 0 saturated heterocycles. The molecular weight excluding hydrogens is 371 g/mol. The Morgan fingerprint density at radius 3 is 2.50 bits per heavy atom. The second kappa shape index (κ2) is 5.59. The highest BCUT2D eigenvalue weighted by Crippen LogP contribution is 2.27. The molecule has 0 heterocycles. The summed E-state index contributed by atoms with van der Waals surface area (Å²) in [6.07, 6.45) is 0. The zero-order valence-electron chi connectivity index (χ0n) is 9.90. The smallest absolute Gasteiger partial charge is 0.263 e. The van der Waals surface area contributed by atoms with Crippen molar-refractivity contribution >= 4 is 48.9 Å². The van der Waals surface area contributed by atoms with Crippen LogP contribution in [0.3, 0.4) is 0 Å². The monoisotopic (exact) mass is 378 g/mol.